The fourth-order valence-electron chi connectivity index (χ4n) is 9.51. The summed E-state index contributed by atoms with van der Waals surface area (Å²) in [5.74, 6) is -2.72. The van der Waals surface area contributed by atoms with Gasteiger partial charge in [-0.1, -0.05) is 36.4 Å². The Balaban J connectivity index is 0.000000120. The third-order valence-corrected chi connectivity index (χ3v) is 12.6. The predicted octanol–water partition coefficient (Wildman–Crippen LogP) is 3.77. The highest BCUT2D eigenvalue weighted by Crippen LogP contribution is 2.59. The van der Waals surface area contributed by atoms with Gasteiger partial charge in [0.25, 0.3) is 0 Å². The van der Waals surface area contributed by atoms with E-state index in [0.29, 0.717) is 30.4 Å². The highest BCUT2D eigenvalue weighted by atomic mass is 16.8. The lowest BCUT2D eigenvalue weighted by atomic mass is 10.1. The quantitative estimate of drug-likeness (QED) is 0.397. The Morgan fingerprint density at radius 2 is 0.803 bits per heavy atom. The summed E-state index contributed by atoms with van der Waals surface area (Å²) in [4.78, 5) is 24.4. The number of rotatable bonds is 7. The zero-order valence-corrected chi connectivity index (χ0v) is 35.8. The Morgan fingerprint density at radius 3 is 1.11 bits per heavy atom. The molecule has 0 amide bonds. The molecule has 0 radical (unpaired) electrons. The zero-order chi connectivity index (χ0) is 43.3. The highest BCUT2D eigenvalue weighted by molar-refractivity contribution is 5.90. The molecule has 0 aromatic heterocycles. The lowest BCUT2D eigenvalue weighted by Gasteiger charge is -2.23. The molecule has 6 aliphatic heterocycles. The van der Waals surface area contributed by atoms with E-state index in [-0.39, 0.29) is 60.8 Å². The van der Waals surface area contributed by atoms with E-state index >= 15 is 0 Å². The number of aliphatic hydroxyl groups excluding tert-OH is 1. The van der Waals surface area contributed by atoms with Crippen LogP contribution in [0, 0.1) is 0 Å². The summed E-state index contributed by atoms with van der Waals surface area (Å²) in [5, 5.41) is 9.63. The smallest absolute Gasteiger partial charge is 0.338 e. The molecule has 3 saturated carbocycles. The van der Waals surface area contributed by atoms with Gasteiger partial charge in [-0.2, -0.15) is 0 Å². The van der Waals surface area contributed by atoms with Gasteiger partial charge in [0.2, 0.25) is 0 Å². The maximum absolute atomic E-state index is 12.2. The second-order valence-electron chi connectivity index (χ2n) is 18.2. The van der Waals surface area contributed by atoms with E-state index in [1.807, 2.05) is 53.7 Å². The van der Waals surface area contributed by atoms with Crippen molar-refractivity contribution in [1.29, 1.82) is 0 Å². The molecule has 9 aliphatic rings. The van der Waals surface area contributed by atoms with E-state index in [4.69, 9.17) is 66.3 Å². The van der Waals surface area contributed by atoms with Crippen LogP contribution < -0.4 is 0 Å². The van der Waals surface area contributed by atoms with Crippen LogP contribution in [0.15, 0.2) is 60.7 Å². The van der Waals surface area contributed by atoms with E-state index in [1.54, 1.807) is 69.9 Å². The van der Waals surface area contributed by atoms with Crippen molar-refractivity contribution in [2.24, 2.45) is 0 Å². The Hall–Kier alpha value is -3.14. The van der Waals surface area contributed by atoms with Crippen LogP contribution in [-0.2, 0) is 66.3 Å². The first kappa shape index (κ1) is 43.1. The van der Waals surface area contributed by atoms with Gasteiger partial charge in [0.05, 0.1) is 17.2 Å². The van der Waals surface area contributed by atoms with Crippen LogP contribution in [0.2, 0.25) is 0 Å². The summed E-state index contributed by atoms with van der Waals surface area (Å²) in [6.07, 6.45) is -2.49. The Kier molecular flexibility index (Phi) is 10.8. The van der Waals surface area contributed by atoms with Gasteiger partial charge in [0.15, 0.2) is 36.2 Å². The van der Waals surface area contributed by atoms with Crippen molar-refractivity contribution in [3.63, 3.8) is 0 Å². The van der Waals surface area contributed by atoms with Crippen LogP contribution in [0.5, 0.6) is 0 Å². The molecule has 2 aromatic carbocycles. The molecule has 3 aliphatic carbocycles. The summed E-state index contributed by atoms with van der Waals surface area (Å²) in [6, 6.07) is 17.8. The number of carbonyl (C=O) groups is 2. The Bertz CT molecular complexity index is 1840. The predicted molar refractivity (Wildman–Crippen MR) is 206 cm³/mol. The van der Waals surface area contributed by atoms with Crippen LogP contribution in [-0.4, -0.2) is 146 Å². The molecule has 0 bridgehead atoms. The summed E-state index contributed by atoms with van der Waals surface area (Å²) < 4.78 is 79.9. The largest absolute Gasteiger partial charge is 0.455 e. The van der Waals surface area contributed by atoms with E-state index in [2.05, 4.69) is 0 Å². The fraction of sp³-hybridized carbons (Fsp3) is 0.682. The van der Waals surface area contributed by atoms with Gasteiger partial charge in [0, 0.05) is 40.6 Å². The lowest BCUT2D eigenvalue weighted by Crippen LogP contribution is -2.35. The van der Waals surface area contributed by atoms with Gasteiger partial charge < -0.3 is 71.4 Å². The number of aliphatic hydroxyl groups is 1. The summed E-state index contributed by atoms with van der Waals surface area (Å²) in [7, 11) is 4.72. The molecule has 17 nitrogen and oxygen atoms in total. The van der Waals surface area contributed by atoms with E-state index in [9.17, 15) is 14.7 Å². The monoisotopic (exact) mass is 856 g/mol. The third kappa shape index (κ3) is 7.72. The topological polar surface area (TPSA) is 184 Å². The van der Waals surface area contributed by atoms with Gasteiger partial charge in [-0.3, -0.25) is 0 Å². The molecule has 15 atom stereocenters. The van der Waals surface area contributed by atoms with Gasteiger partial charge in [-0.05, 0) is 65.8 Å². The molecule has 9 fully saturated rings. The number of ether oxygens (including phenoxy) is 14. The maximum atomic E-state index is 12.2. The van der Waals surface area contributed by atoms with Gasteiger partial charge in [-0.25, -0.2) is 9.59 Å². The average molecular weight is 857 g/mol. The lowest BCUT2D eigenvalue weighted by molar-refractivity contribution is -0.236. The zero-order valence-electron chi connectivity index (χ0n) is 35.8. The van der Waals surface area contributed by atoms with Crippen LogP contribution >= 0.6 is 0 Å². The molecule has 334 valence electrons. The van der Waals surface area contributed by atoms with Crippen molar-refractivity contribution in [3.05, 3.63) is 71.8 Å². The molecule has 1 N–H and O–H groups in total. The molecule has 2 aromatic rings. The van der Waals surface area contributed by atoms with Crippen LogP contribution in [0.1, 0.15) is 81.5 Å². The first-order valence-corrected chi connectivity index (χ1v) is 20.8. The van der Waals surface area contributed by atoms with E-state index in [0.717, 1.165) is 0 Å². The number of esters is 2. The number of fused-ring (bicyclic) bond motifs is 6. The van der Waals surface area contributed by atoms with Crippen molar-refractivity contribution in [3.8, 4) is 0 Å². The first-order valence-electron chi connectivity index (χ1n) is 20.8. The van der Waals surface area contributed by atoms with Crippen LogP contribution in [0.4, 0.5) is 0 Å². The van der Waals surface area contributed by atoms with E-state index < -0.39 is 59.1 Å². The maximum Gasteiger partial charge on any atom is 0.338 e. The number of benzene rings is 2. The van der Waals surface area contributed by atoms with Crippen molar-refractivity contribution in [2.75, 3.05) is 21.3 Å². The molecule has 3 spiro atoms. The normalized spacial score (nSPS) is 44.0. The summed E-state index contributed by atoms with van der Waals surface area (Å²) in [6.45, 7) is 11.2. The SMILES string of the molecule is CO[C@@H]1O[C@@]2(CC2O)[C@@H]2OC(C)(C)OC12.CO[C@@H]1O[C@@]2(C[C@@H]2OC(=O)c2ccccc2)[C@@H]2OC(C)(C)OC12.CO[C@@H]1O[C@@]2(C[C@H]2OC(=O)c2ccccc2)[C@@H]2OC(C)(C)OC12. The Labute approximate surface area is 354 Å². The third-order valence-electron chi connectivity index (χ3n) is 12.6. The van der Waals surface area contributed by atoms with Crippen LogP contribution in [0.3, 0.4) is 0 Å². The van der Waals surface area contributed by atoms with Crippen molar-refractivity contribution < 1.29 is 81.0 Å². The van der Waals surface area contributed by atoms with Crippen molar-refractivity contribution in [2.45, 2.75) is 169 Å². The number of hydrogen-bond acceptors (Lipinski definition) is 17. The number of methoxy groups -OCH3 is 3. The van der Waals surface area contributed by atoms with Gasteiger partial charge in [0.1, 0.15) is 65.6 Å². The minimum absolute atomic E-state index is 0.215. The second kappa shape index (κ2) is 15.3. The minimum atomic E-state index is -0.695. The second-order valence-corrected chi connectivity index (χ2v) is 18.2. The number of hydrogen-bond donors (Lipinski definition) is 1. The van der Waals surface area contributed by atoms with Gasteiger partial charge in [-0.15, -0.1) is 0 Å². The Morgan fingerprint density at radius 1 is 0.492 bits per heavy atom. The molecule has 17 heteroatoms. The van der Waals surface area contributed by atoms with Crippen molar-refractivity contribution >= 4 is 11.9 Å². The molecular formula is C44H56O17. The molecule has 6 saturated heterocycles. The molecular weight excluding hydrogens is 800 g/mol. The highest BCUT2D eigenvalue weighted by Gasteiger charge is 2.77. The first-order chi connectivity index (χ1) is 28.9. The molecule has 11 rings (SSSR count). The molecule has 4 unspecified atom stereocenters. The molecule has 6 heterocycles. The van der Waals surface area contributed by atoms with Crippen LogP contribution in [0.25, 0.3) is 0 Å². The average Bonchev–Trinajstić information content (AvgIpc) is 4.02. The fourth-order valence-corrected chi connectivity index (χ4v) is 9.51. The van der Waals surface area contributed by atoms with Gasteiger partial charge >= 0.3 is 11.9 Å². The summed E-state index contributed by atoms with van der Waals surface area (Å²) >= 11 is 0. The summed E-state index contributed by atoms with van der Waals surface area (Å²) in [5.41, 5.74) is -0.862. The minimum Gasteiger partial charge on any atom is -0.455 e. The standard InChI is InChI=1S/2C17H20O6.C10H16O5/c2*1-16(2)21-12-13(22-16)17(23-15(12)19-3)9-11(17)20-14(18)10-7-5-4-6-8-10;1-9(2)13-6-7(14-9)10(4-5(10)11)15-8(6)12-3/h2*4-8,11-13,15H,9H2,1-3H3;5-8,11H,4H2,1-3H3/t11-,12?,13+,15+,17+;11-,12?,13-,15-,17-;5?,6?,7-,8-,10-/m011/s1. The molecule has 61 heavy (non-hydrogen) atoms. The van der Waals surface area contributed by atoms with Crippen molar-refractivity contribution in [1.82, 2.24) is 0 Å². The van der Waals surface area contributed by atoms with E-state index in [1.165, 1.54) is 0 Å². The number of carbonyl (C=O) groups excluding carboxylic acids is 2.